The molecule has 1 aliphatic rings. The smallest absolute Gasteiger partial charge is 0.0948 e. The molecule has 1 fully saturated rings. The summed E-state index contributed by atoms with van der Waals surface area (Å²) in [5.74, 6) is 0. The van der Waals surface area contributed by atoms with Gasteiger partial charge in [0.1, 0.15) is 0 Å². The third-order valence-electron chi connectivity index (χ3n) is 3.57. The van der Waals surface area contributed by atoms with Gasteiger partial charge in [-0.2, -0.15) is 0 Å². The Bertz CT molecular complexity index is 581. The van der Waals surface area contributed by atoms with E-state index >= 15 is 0 Å². The van der Waals surface area contributed by atoms with E-state index in [4.69, 9.17) is 16.3 Å². The molecule has 4 heteroatoms. The molecule has 0 spiro atoms. The van der Waals surface area contributed by atoms with Crippen LogP contribution < -0.4 is 5.32 Å². The molecule has 1 aliphatic carbocycles. The van der Waals surface area contributed by atoms with Gasteiger partial charge in [0, 0.05) is 24.2 Å². The number of hydrogen-bond donors (Lipinski definition) is 1. The number of hydrogen-bond acceptors (Lipinski definition) is 3. The maximum Gasteiger partial charge on any atom is 0.0948 e. The molecular weight excluding hydrogens is 260 g/mol. The predicted molar refractivity (Wildman–Crippen MR) is 78.8 cm³/mol. The lowest BCUT2D eigenvalue weighted by Gasteiger charge is -2.36. The van der Waals surface area contributed by atoms with E-state index in [1.807, 2.05) is 31.2 Å². The van der Waals surface area contributed by atoms with Crippen molar-refractivity contribution in [3.8, 4) is 0 Å². The summed E-state index contributed by atoms with van der Waals surface area (Å²) in [6, 6.07) is 8.31. The first-order valence-electron chi connectivity index (χ1n) is 6.69. The molecule has 1 N–H and O–H groups in total. The van der Waals surface area contributed by atoms with Crippen LogP contribution in [-0.2, 0) is 4.74 Å². The number of nitrogens with zero attached hydrogens (tertiary/aromatic N) is 1. The van der Waals surface area contributed by atoms with E-state index in [9.17, 15) is 0 Å². The molecule has 0 saturated heterocycles. The van der Waals surface area contributed by atoms with Gasteiger partial charge in [-0.15, -0.1) is 0 Å². The van der Waals surface area contributed by atoms with E-state index in [-0.39, 0.29) is 0 Å². The average molecular weight is 277 g/mol. The van der Waals surface area contributed by atoms with E-state index in [0.29, 0.717) is 12.1 Å². The maximum atomic E-state index is 6.19. The summed E-state index contributed by atoms with van der Waals surface area (Å²) in [6.45, 7) is 2.83. The van der Waals surface area contributed by atoms with E-state index in [2.05, 4.69) is 10.3 Å². The number of pyridine rings is 1. The highest BCUT2D eigenvalue weighted by Crippen LogP contribution is 2.32. The fourth-order valence-electron chi connectivity index (χ4n) is 2.53. The zero-order valence-electron chi connectivity index (χ0n) is 10.9. The Hall–Kier alpha value is -1.32. The van der Waals surface area contributed by atoms with Crippen LogP contribution in [0.5, 0.6) is 0 Å². The summed E-state index contributed by atoms with van der Waals surface area (Å²) in [5, 5.41) is 5.28. The van der Waals surface area contributed by atoms with E-state index in [1.54, 1.807) is 6.20 Å². The van der Waals surface area contributed by atoms with Gasteiger partial charge in [-0.3, -0.25) is 4.98 Å². The molecule has 0 amide bonds. The molecular formula is C15H17ClN2O. The summed E-state index contributed by atoms with van der Waals surface area (Å²) in [4.78, 5) is 4.43. The SMILES string of the molecule is CCOC1CC(Nc2ccc(Cl)c3cccnc23)C1. The van der Waals surface area contributed by atoms with Crippen molar-refractivity contribution in [1.82, 2.24) is 4.98 Å². The van der Waals surface area contributed by atoms with Crippen LogP contribution >= 0.6 is 11.6 Å². The van der Waals surface area contributed by atoms with Crippen LogP contribution in [0.2, 0.25) is 5.02 Å². The molecule has 1 aromatic heterocycles. The van der Waals surface area contributed by atoms with Crippen molar-refractivity contribution >= 4 is 28.2 Å². The van der Waals surface area contributed by atoms with Crippen LogP contribution in [0.15, 0.2) is 30.5 Å². The van der Waals surface area contributed by atoms with Crippen molar-refractivity contribution < 1.29 is 4.74 Å². The van der Waals surface area contributed by atoms with Gasteiger partial charge >= 0.3 is 0 Å². The molecule has 19 heavy (non-hydrogen) atoms. The van der Waals surface area contributed by atoms with Crippen LogP contribution in [-0.4, -0.2) is 23.7 Å². The summed E-state index contributed by atoms with van der Waals surface area (Å²) < 4.78 is 5.58. The monoisotopic (exact) mass is 276 g/mol. The van der Waals surface area contributed by atoms with Crippen LogP contribution in [0.4, 0.5) is 5.69 Å². The molecule has 1 heterocycles. The summed E-state index contributed by atoms with van der Waals surface area (Å²) in [7, 11) is 0. The molecule has 1 saturated carbocycles. The molecule has 1 aromatic carbocycles. The van der Waals surface area contributed by atoms with E-state index in [1.165, 1.54) is 0 Å². The normalized spacial score (nSPS) is 22.2. The van der Waals surface area contributed by atoms with Crippen LogP contribution in [0, 0.1) is 0 Å². The number of nitrogens with one attached hydrogen (secondary N) is 1. The molecule has 3 nitrogen and oxygen atoms in total. The Morgan fingerprint density at radius 3 is 3.00 bits per heavy atom. The average Bonchev–Trinajstić information content (AvgIpc) is 2.39. The molecule has 0 unspecified atom stereocenters. The molecule has 2 aromatic rings. The van der Waals surface area contributed by atoms with Crippen molar-refractivity contribution in [2.45, 2.75) is 31.9 Å². The van der Waals surface area contributed by atoms with Crippen LogP contribution in [0.3, 0.4) is 0 Å². The van der Waals surface area contributed by atoms with Crippen molar-refractivity contribution in [3.63, 3.8) is 0 Å². The highest BCUT2D eigenvalue weighted by Gasteiger charge is 2.29. The third kappa shape index (κ3) is 2.53. The van der Waals surface area contributed by atoms with Gasteiger partial charge < -0.3 is 10.1 Å². The number of rotatable bonds is 4. The minimum Gasteiger partial charge on any atom is -0.380 e. The first-order valence-corrected chi connectivity index (χ1v) is 7.07. The van der Waals surface area contributed by atoms with Gasteiger partial charge in [0.25, 0.3) is 0 Å². The standard InChI is InChI=1S/C15H17ClN2O/c1-2-19-11-8-10(9-11)18-14-6-5-13(16)12-4-3-7-17-15(12)14/h3-7,10-11,18H,2,8-9H2,1H3. The summed E-state index contributed by atoms with van der Waals surface area (Å²) in [5.41, 5.74) is 2.00. The number of halogens is 1. The minimum atomic E-state index is 0.411. The topological polar surface area (TPSA) is 34.1 Å². The zero-order valence-corrected chi connectivity index (χ0v) is 11.7. The molecule has 0 atom stereocenters. The Kier molecular flexibility index (Phi) is 3.58. The van der Waals surface area contributed by atoms with E-state index in [0.717, 1.165) is 41.1 Å². The van der Waals surface area contributed by atoms with Crippen molar-refractivity contribution in [2.24, 2.45) is 0 Å². The third-order valence-corrected chi connectivity index (χ3v) is 3.90. The summed E-state index contributed by atoms with van der Waals surface area (Å²) >= 11 is 6.19. The lowest BCUT2D eigenvalue weighted by atomic mass is 9.89. The van der Waals surface area contributed by atoms with Gasteiger partial charge in [-0.1, -0.05) is 11.6 Å². The second kappa shape index (κ2) is 5.35. The number of fused-ring (bicyclic) bond motifs is 1. The number of ether oxygens (including phenoxy) is 1. The fourth-order valence-corrected chi connectivity index (χ4v) is 2.75. The minimum absolute atomic E-state index is 0.411. The Balaban J connectivity index is 1.77. The largest absolute Gasteiger partial charge is 0.380 e. The van der Waals surface area contributed by atoms with Gasteiger partial charge in [-0.05, 0) is 44.0 Å². The lowest BCUT2D eigenvalue weighted by Crippen LogP contribution is -2.40. The zero-order chi connectivity index (χ0) is 13.2. The number of benzene rings is 1. The maximum absolute atomic E-state index is 6.19. The fraction of sp³-hybridized carbons (Fsp3) is 0.400. The second-order valence-electron chi connectivity index (χ2n) is 4.88. The van der Waals surface area contributed by atoms with Gasteiger partial charge in [0.05, 0.1) is 22.3 Å². The Morgan fingerprint density at radius 1 is 1.37 bits per heavy atom. The van der Waals surface area contributed by atoms with Gasteiger partial charge in [0.15, 0.2) is 0 Å². The highest BCUT2D eigenvalue weighted by atomic mass is 35.5. The Morgan fingerprint density at radius 2 is 2.21 bits per heavy atom. The first kappa shape index (κ1) is 12.7. The first-order chi connectivity index (χ1) is 9.28. The molecule has 0 radical (unpaired) electrons. The molecule has 3 rings (SSSR count). The number of anilines is 1. The summed E-state index contributed by atoms with van der Waals surface area (Å²) in [6.07, 6.45) is 4.33. The van der Waals surface area contributed by atoms with Gasteiger partial charge in [0.2, 0.25) is 0 Å². The lowest BCUT2D eigenvalue weighted by molar-refractivity contribution is 0.00301. The Labute approximate surface area is 117 Å². The molecule has 0 bridgehead atoms. The van der Waals surface area contributed by atoms with Crippen LogP contribution in [0.25, 0.3) is 10.9 Å². The highest BCUT2D eigenvalue weighted by molar-refractivity contribution is 6.35. The van der Waals surface area contributed by atoms with Crippen molar-refractivity contribution in [1.29, 1.82) is 0 Å². The molecule has 100 valence electrons. The predicted octanol–water partition coefficient (Wildman–Crippen LogP) is 3.87. The van der Waals surface area contributed by atoms with Gasteiger partial charge in [-0.25, -0.2) is 0 Å². The second-order valence-corrected chi connectivity index (χ2v) is 5.29. The molecule has 0 aliphatic heterocycles. The number of aromatic nitrogens is 1. The van der Waals surface area contributed by atoms with Crippen LogP contribution in [0.1, 0.15) is 19.8 Å². The van der Waals surface area contributed by atoms with E-state index < -0.39 is 0 Å². The quantitative estimate of drug-likeness (QED) is 0.920. The van der Waals surface area contributed by atoms with Crippen molar-refractivity contribution in [3.05, 3.63) is 35.5 Å². The van der Waals surface area contributed by atoms with Crippen molar-refractivity contribution in [2.75, 3.05) is 11.9 Å².